The van der Waals surface area contributed by atoms with Crippen LogP contribution >= 0.6 is 0 Å². The molecule has 2 amide bonds. The molecular weight excluding hydrogens is 342 g/mol. The van der Waals surface area contributed by atoms with Crippen LogP contribution in [0.4, 0.5) is 0 Å². The van der Waals surface area contributed by atoms with Gasteiger partial charge in [0.2, 0.25) is 11.8 Å². The smallest absolute Gasteiger partial charge is 0.224 e. The molecule has 0 aromatic heterocycles. The quantitative estimate of drug-likeness (QED) is 0.726. The zero-order chi connectivity index (χ0) is 19.9. The molecule has 0 saturated carbocycles. The lowest BCUT2D eigenvalue weighted by Gasteiger charge is -2.45. The molecule has 0 spiro atoms. The third kappa shape index (κ3) is 7.31. The number of hydrogen-bond donors (Lipinski definition) is 2. The van der Waals surface area contributed by atoms with E-state index in [-0.39, 0.29) is 36.0 Å². The van der Waals surface area contributed by atoms with Crippen LogP contribution < -0.4 is 10.6 Å². The molecule has 0 radical (unpaired) electrons. The third-order valence-electron chi connectivity index (χ3n) is 4.88. The molecule has 2 atom stereocenters. The number of nitrogens with one attached hydrogen (secondary N) is 2. The van der Waals surface area contributed by atoms with Gasteiger partial charge >= 0.3 is 0 Å². The Labute approximate surface area is 162 Å². The Kier molecular flexibility index (Phi) is 7.80. The van der Waals surface area contributed by atoms with Gasteiger partial charge in [-0.05, 0) is 33.3 Å². The summed E-state index contributed by atoms with van der Waals surface area (Å²) in [5, 5.41) is 5.81. The van der Waals surface area contributed by atoms with E-state index < -0.39 is 0 Å². The molecule has 1 saturated heterocycles. The highest BCUT2D eigenvalue weighted by Gasteiger charge is 2.33. The van der Waals surface area contributed by atoms with Crippen molar-refractivity contribution in [1.82, 2.24) is 15.5 Å². The average molecular weight is 376 g/mol. The van der Waals surface area contributed by atoms with Gasteiger partial charge in [-0.25, -0.2) is 0 Å². The number of morpholine rings is 1. The van der Waals surface area contributed by atoms with E-state index in [0.717, 1.165) is 18.7 Å². The third-order valence-corrected chi connectivity index (χ3v) is 4.88. The Balaban J connectivity index is 1.67. The molecule has 1 aromatic rings. The second-order valence-corrected chi connectivity index (χ2v) is 8.01. The van der Waals surface area contributed by atoms with Gasteiger partial charge in [0, 0.05) is 38.1 Å². The van der Waals surface area contributed by atoms with Gasteiger partial charge in [-0.2, -0.15) is 0 Å². The first-order chi connectivity index (χ1) is 12.8. The number of carbonyl (C=O) groups is 2. The highest BCUT2D eigenvalue weighted by molar-refractivity contribution is 5.80. The van der Waals surface area contributed by atoms with Crippen LogP contribution in [-0.2, 0) is 20.7 Å². The Hall–Kier alpha value is -1.92. The van der Waals surface area contributed by atoms with Crippen molar-refractivity contribution in [3.63, 3.8) is 0 Å². The molecule has 0 unspecified atom stereocenters. The van der Waals surface area contributed by atoms with Gasteiger partial charge in [-0.1, -0.05) is 30.3 Å². The Morgan fingerprint density at radius 1 is 1.07 bits per heavy atom. The van der Waals surface area contributed by atoms with Crippen LogP contribution in [0.1, 0.15) is 39.7 Å². The minimum absolute atomic E-state index is 0.0440. The lowest BCUT2D eigenvalue weighted by atomic mass is 10.00. The van der Waals surface area contributed by atoms with E-state index in [0.29, 0.717) is 19.5 Å². The topological polar surface area (TPSA) is 70.7 Å². The fourth-order valence-electron chi connectivity index (χ4n) is 3.35. The Morgan fingerprint density at radius 2 is 1.70 bits per heavy atom. The first kappa shape index (κ1) is 21.4. The van der Waals surface area contributed by atoms with Gasteiger partial charge in [0.05, 0.1) is 18.6 Å². The van der Waals surface area contributed by atoms with Crippen molar-refractivity contribution in [2.24, 2.45) is 0 Å². The monoisotopic (exact) mass is 375 g/mol. The zero-order valence-corrected chi connectivity index (χ0v) is 17.0. The summed E-state index contributed by atoms with van der Waals surface area (Å²) in [6, 6.07) is 9.58. The highest BCUT2D eigenvalue weighted by Crippen LogP contribution is 2.20. The number of nitrogens with zero attached hydrogens (tertiary/aromatic N) is 1. The number of amides is 2. The number of carbonyl (C=O) groups excluding carboxylic acids is 2. The van der Waals surface area contributed by atoms with E-state index >= 15 is 0 Å². The second-order valence-electron chi connectivity index (χ2n) is 8.01. The largest absolute Gasteiger partial charge is 0.373 e. The maximum atomic E-state index is 12.1. The molecular formula is C21H33N3O3. The van der Waals surface area contributed by atoms with Crippen LogP contribution in [0, 0.1) is 0 Å². The minimum Gasteiger partial charge on any atom is -0.373 e. The molecule has 0 aliphatic carbocycles. The molecule has 1 fully saturated rings. The van der Waals surface area contributed by atoms with Gasteiger partial charge < -0.3 is 15.4 Å². The van der Waals surface area contributed by atoms with Gasteiger partial charge in [-0.3, -0.25) is 14.5 Å². The van der Waals surface area contributed by atoms with Gasteiger partial charge in [0.1, 0.15) is 0 Å². The number of ether oxygens (including phenoxy) is 1. The summed E-state index contributed by atoms with van der Waals surface area (Å²) >= 11 is 0. The SMILES string of the molecule is C[C@@H]1CN(C(C)(C)CNC(=O)CCNC(=O)Cc2ccccc2)C[C@H](C)O1. The standard InChI is InChI=1S/C21H33N3O3/c1-16-13-24(14-17(2)27-16)21(3,4)15-23-19(25)10-11-22-20(26)12-18-8-6-5-7-9-18/h5-9,16-17H,10-15H2,1-4H3,(H,22,26)(H,23,25)/t16-,17+. The van der Waals surface area contributed by atoms with Gasteiger partial charge in [0.25, 0.3) is 0 Å². The summed E-state index contributed by atoms with van der Waals surface area (Å²) in [7, 11) is 0. The zero-order valence-electron chi connectivity index (χ0n) is 17.0. The number of rotatable bonds is 8. The molecule has 6 nitrogen and oxygen atoms in total. The van der Waals surface area contributed by atoms with E-state index in [1.807, 2.05) is 30.3 Å². The average Bonchev–Trinajstić information content (AvgIpc) is 2.60. The predicted octanol–water partition coefficient (Wildman–Crippen LogP) is 1.74. The molecule has 2 N–H and O–H groups in total. The van der Waals surface area contributed by atoms with Crippen molar-refractivity contribution in [2.75, 3.05) is 26.2 Å². The summed E-state index contributed by atoms with van der Waals surface area (Å²) in [5.41, 5.74) is 0.827. The molecule has 1 aromatic carbocycles. The van der Waals surface area contributed by atoms with E-state index in [2.05, 4.69) is 43.2 Å². The lowest BCUT2D eigenvalue weighted by Crippen LogP contribution is -2.58. The van der Waals surface area contributed by atoms with Crippen molar-refractivity contribution in [2.45, 2.75) is 58.3 Å². The molecule has 1 heterocycles. The van der Waals surface area contributed by atoms with Crippen LogP contribution in [0.25, 0.3) is 0 Å². The van der Waals surface area contributed by atoms with Crippen LogP contribution in [0.5, 0.6) is 0 Å². The number of hydrogen-bond acceptors (Lipinski definition) is 4. The van der Waals surface area contributed by atoms with E-state index in [1.54, 1.807) is 0 Å². The molecule has 150 valence electrons. The predicted molar refractivity (Wildman–Crippen MR) is 106 cm³/mol. The maximum absolute atomic E-state index is 12.1. The second kappa shape index (κ2) is 9.85. The lowest BCUT2D eigenvalue weighted by molar-refractivity contribution is -0.123. The fraction of sp³-hybridized carbons (Fsp3) is 0.619. The van der Waals surface area contributed by atoms with Crippen molar-refractivity contribution in [3.05, 3.63) is 35.9 Å². The summed E-state index contributed by atoms with van der Waals surface area (Å²) in [5.74, 6) is -0.108. The van der Waals surface area contributed by atoms with E-state index in [1.165, 1.54) is 0 Å². The molecule has 2 rings (SSSR count). The first-order valence-corrected chi connectivity index (χ1v) is 9.74. The molecule has 1 aliphatic rings. The van der Waals surface area contributed by atoms with Crippen molar-refractivity contribution < 1.29 is 14.3 Å². The summed E-state index contributed by atoms with van der Waals surface area (Å²) in [6.07, 6.45) is 1.02. The molecule has 1 aliphatic heterocycles. The van der Waals surface area contributed by atoms with Crippen molar-refractivity contribution in [3.8, 4) is 0 Å². The Bertz CT molecular complexity index is 608. The fourth-order valence-corrected chi connectivity index (χ4v) is 3.35. The van der Waals surface area contributed by atoms with Crippen LogP contribution in [0.2, 0.25) is 0 Å². The van der Waals surface area contributed by atoms with Crippen molar-refractivity contribution >= 4 is 11.8 Å². The van der Waals surface area contributed by atoms with Crippen LogP contribution in [0.15, 0.2) is 30.3 Å². The van der Waals surface area contributed by atoms with Crippen molar-refractivity contribution in [1.29, 1.82) is 0 Å². The maximum Gasteiger partial charge on any atom is 0.224 e. The molecule has 27 heavy (non-hydrogen) atoms. The summed E-state index contributed by atoms with van der Waals surface area (Å²) in [6.45, 7) is 11.1. The van der Waals surface area contributed by atoms with Gasteiger partial charge in [-0.15, -0.1) is 0 Å². The number of benzene rings is 1. The summed E-state index contributed by atoms with van der Waals surface area (Å²) in [4.78, 5) is 26.4. The van der Waals surface area contributed by atoms with E-state index in [4.69, 9.17) is 4.74 Å². The Morgan fingerprint density at radius 3 is 2.33 bits per heavy atom. The van der Waals surface area contributed by atoms with Crippen LogP contribution in [-0.4, -0.2) is 60.6 Å². The first-order valence-electron chi connectivity index (χ1n) is 9.74. The molecule has 0 bridgehead atoms. The summed E-state index contributed by atoms with van der Waals surface area (Å²) < 4.78 is 5.79. The molecule has 6 heteroatoms. The highest BCUT2D eigenvalue weighted by atomic mass is 16.5. The normalized spacial score (nSPS) is 20.9. The van der Waals surface area contributed by atoms with Gasteiger partial charge in [0.15, 0.2) is 0 Å². The minimum atomic E-state index is -0.140. The van der Waals surface area contributed by atoms with E-state index in [9.17, 15) is 9.59 Å². The van der Waals surface area contributed by atoms with Crippen LogP contribution in [0.3, 0.4) is 0 Å².